The van der Waals surface area contributed by atoms with Gasteiger partial charge in [0, 0.05) is 24.3 Å². The molecule has 1 heterocycles. The van der Waals surface area contributed by atoms with Crippen LogP contribution in [0.15, 0.2) is 72.8 Å². The number of nitrogens with one attached hydrogen (secondary N) is 1. The lowest BCUT2D eigenvalue weighted by atomic mass is 9.97. The van der Waals surface area contributed by atoms with Crippen molar-refractivity contribution in [3.63, 3.8) is 0 Å². The van der Waals surface area contributed by atoms with Crippen LogP contribution in [0.4, 0.5) is 5.69 Å². The highest BCUT2D eigenvalue weighted by Gasteiger charge is 2.19. The average Bonchev–Trinajstić information content (AvgIpc) is 2.80. The van der Waals surface area contributed by atoms with Crippen LogP contribution in [0.25, 0.3) is 0 Å². The number of fused-ring (bicyclic) bond motifs is 1. The zero-order valence-corrected chi connectivity index (χ0v) is 17.4. The minimum absolute atomic E-state index is 0.0867. The molecule has 0 fully saturated rings. The fraction of sp³-hybridized carbons (Fsp3) is 0.269. The summed E-state index contributed by atoms with van der Waals surface area (Å²) in [6.45, 7) is 3.06. The van der Waals surface area contributed by atoms with Gasteiger partial charge in [-0.3, -0.25) is 9.69 Å². The van der Waals surface area contributed by atoms with Gasteiger partial charge in [0.1, 0.15) is 5.75 Å². The molecule has 4 nitrogen and oxygen atoms in total. The van der Waals surface area contributed by atoms with Crippen LogP contribution in [0, 0.1) is 0 Å². The van der Waals surface area contributed by atoms with Gasteiger partial charge in [-0.05, 0) is 72.8 Å². The monoisotopic (exact) mass is 400 g/mol. The van der Waals surface area contributed by atoms with Gasteiger partial charge >= 0.3 is 0 Å². The number of aryl methyl sites for hydroxylation is 1. The molecule has 1 amide bonds. The molecule has 4 rings (SSSR count). The molecule has 0 atom stereocenters. The molecule has 1 N–H and O–H groups in total. The normalized spacial score (nSPS) is 13.5. The number of carbonyl (C=O) groups excluding carboxylic acids is 1. The minimum atomic E-state index is -0.0867. The average molecular weight is 401 g/mol. The Kier molecular flexibility index (Phi) is 6.45. The van der Waals surface area contributed by atoms with Crippen LogP contribution < -0.4 is 10.1 Å². The van der Waals surface area contributed by atoms with E-state index in [2.05, 4.69) is 46.6 Å². The SMILES string of the molecule is COc1ccc(C(=O)Nc2cccc3c2CCN(CCCc2ccccc2)C3)cc1. The first kappa shape index (κ1) is 20.2. The van der Waals surface area contributed by atoms with Crippen molar-refractivity contribution in [3.8, 4) is 5.75 Å². The van der Waals surface area contributed by atoms with Crippen molar-refractivity contribution in [2.45, 2.75) is 25.8 Å². The van der Waals surface area contributed by atoms with E-state index >= 15 is 0 Å². The number of hydrogen-bond donors (Lipinski definition) is 1. The molecule has 0 unspecified atom stereocenters. The van der Waals surface area contributed by atoms with E-state index in [0.29, 0.717) is 5.56 Å². The molecule has 3 aromatic carbocycles. The third kappa shape index (κ3) is 4.89. The summed E-state index contributed by atoms with van der Waals surface area (Å²) in [5.74, 6) is 0.660. The second-order valence-corrected chi connectivity index (χ2v) is 7.74. The Morgan fingerprint density at radius 2 is 1.80 bits per heavy atom. The smallest absolute Gasteiger partial charge is 0.255 e. The molecule has 0 aromatic heterocycles. The van der Waals surface area contributed by atoms with E-state index in [4.69, 9.17) is 4.74 Å². The van der Waals surface area contributed by atoms with Crippen LogP contribution in [0.1, 0.15) is 33.5 Å². The number of hydrogen-bond acceptors (Lipinski definition) is 3. The number of anilines is 1. The van der Waals surface area contributed by atoms with Gasteiger partial charge in [-0.1, -0.05) is 42.5 Å². The van der Waals surface area contributed by atoms with Crippen molar-refractivity contribution in [3.05, 3.63) is 95.1 Å². The lowest BCUT2D eigenvalue weighted by molar-refractivity contribution is 0.102. The Bertz CT molecular complexity index is 984. The fourth-order valence-electron chi connectivity index (χ4n) is 4.06. The van der Waals surface area contributed by atoms with Gasteiger partial charge in [0.25, 0.3) is 5.91 Å². The van der Waals surface area contributed by atoms with Crippen LogP contribution in [0.2, 0.25) is 0 Å². The molecule has 0 bridgehead atoms. The molecule has 0 aliphatic carbocycles. The fourth-order valence-corrected chi connectivity index (χ4v) is 4.06. The Hall–Kier alpha value is -3.11. The summed E-state index contributed by atoms with van der Waals surface area (Å²) in [7, 11) is 1.62. The topological polar surface area (TPSA) is 41.6 Å². The molecule has 0 spiro atoms. The van der Waals surface area contributed by atoms with Gasteiger partial charge in [-0.2, -0.15) is 0 Å². The lowest BCUT2D eigenvalue weighted by Gasteiger charge is -2.30. The molecule has 30 heavy (non-hydrogen) atoms. The van der Waals surface area contributed by atoms with E-state index in [1.54, 1.807) is 19.2 Å². The van der Waals surface area contributed by atoms with Gasteiger partial charge in [-0.15, -0.1) is 0 Å². The van der Waals surface area contributed by atoms with Crippen molar-refractivity contribution in [1.82, 2.24) is 4.90 Å². The molecule has 1 aliphatic heterocycles. The van der Waals surface area contributed by atoms with E-state index in [1.165, 1.54) is 16.7 Å². The number of amides is 1. The predicted molar refractivity (Wildman–Crippen MR) is 121 cm³/mol. The summed E-state index contributed by atoms with van der Waals surface area (Å²) in [4.78, 5) is 15.2. The Morgan fingerprint density at radius 1 is 1.00 bits per heavy atom. The summed E-state index contributed by atoms with van der Waals surface area (Å²) in [6.07, 6.45) is 3.23. The Morgan fingerprint density at radius 3 is 2.57 bits per heavy atom. The zero-order valence-electron chi connectivity index (χ0n) is 17.4. The lowest BCUT2D eigenvalue weighted by Crippen LogP contribution is -2.32. The third-order valence-corrected chi connectivity index (χ3v) is 5.73. The van der Waals surface area contributed by atoms with Crippen molar-refractivity contribution >= 4 is 11.6 Å². The molecule has 0 radical (unpaired) electrons. The van der Waals surface area contributed by atoms with Gasteiger partial charge in [0.2, 0.25) is 0 Å². The number of rotatable bonds is 7. The quantitative estimate of drug-likeness (QED) is 0.611. The van der Waals surface area contributed by atoms with Crippen molar-refractivity contribution in [2.24, 2.45) is 0 Å². The maximum Gasteiger partial charge on any atom is 0.255 e. The van der Waals surface area contributed by atoms with Crippen LogP contribution in [0.5, 0.6) is 5.75 Å². The molecule has 1 aliphatic rings. The third-order valence-electron chi connectivity index (χ3n) is 5.73. The first-order valence-corrected chi connectivity index (χ1v) is 10.6. The highest BCUT2D eigenvalue weighted by molar-refractivity contribution is 6.04. The van der Waals surface area contributed by atoms with E-state index in [-0.39, 0.29) is 5.91 Å². The highest BCUT2D eigenvalue weighted by Crippen LogP contribution is 2.27. The molecular weight excluding hydrogens is 372 g/mol. The predicted octanol–water partition coefficient (Wildman–Crippen LogP) is 4.94. The number of nitrogens with zero attached hydrogens (tertiary/aromatic N) is 1. The van der Waals surface area contributed by atoms with Gasteiger partial charge < -0.3 is 10.1 Å². The molecule has 0 saturated carbocycles. The first-order chi connectivity index (χ1) is 14.7. The van der Waals surface area contributed by atoms with Gasteiger partial charge in [0.15, 0.2) is 0 Å². The highest BCUT2D eigenvalue weighted by atomic mass is 16.5. The van der Waals surface area contributed by atoms with Crippen LogP contribution in [-0.2, 0) is 19.4 Å². The van der Waals surface area contributed by atoms with Crippen LogP contribution in [0.3, 0.4) is 0 Å². The van der Waals surface area contributed by atoms with Crippen molar-refractivity contribution in [1.29, 1.82) is 0 Å². The van der Waals surface area contributed by atoms with Crippen molar-refractivity contribution in [2.75, 3.05) is 25.5 Å². The first-order valence-electron chi connectivity index (χ1n) is 10.6. The van der Waals surface area contributed by atoms with Gasteiger partial charge in [0.05, 0.1) is 7.11 Å². The van der Waals surface area contributed by atoms with E-state index in [9.17, 15) is 4.79 Å². The molecule has 4 heteroatoms. The second-order valence-electron chi connectivity index (χ2n) is 7.74. The van der Waals surface area contributed by atoms with Crippen molar-refractivity contribution < 1.29 is 9.53 Å². The maximum absolute atomic E-state index is 12.7. The minimum Gasteiger partial charge on any atom is -0.497 e. The maximum atomic E-state index is 12.7. The molecule has 3 aromatic rings. The zero-order chi connectivity index (χ0) is 20.8. The number of methoxy groups -OCH3 is 1. The summed E-state index contributed by atoms with van der Waals surface area (Å²) >= 11 is 0. The Balaban J connectivity index is 1.36. The van der Waals surface area contributed by atoms with Crippen LogP contribution >= 0.6 is 0 Å². The summed E-state index contributed by atoms with van der Waals surface area (Å²) < 4.78 is 5.17. The summed E-state index contributed by atoms with van der Waals surface area (Å²) in [5, 5.41) is 3.11. The number of benzene rings is 3. The second kappa shape index (κ2) is 9.59. The molecule has 154 valence electrons. The standard InChI is InChI=1S/C26H28N2O2/c1-30-23-14-12-21(13-15-23)26(29)27-25-11-5-10-22-19-28(18-16-24(22)25)17-6-9-20-7-3-2-4-8-20/h2-5,7-8,10-15H,6,9,16-19H2,1H3,(H,27,29). The van der Waals surface area contributed by atoms with Gasteiger partial charge in [-0.25, -0.2) is 0 Å². The van der Waals surface area contributed by atoms with E-state index in [0.717, 1.165) is 50.3 Å². The number of carbonyl (C=O) groups is 1. The summed E-state index contributed by atoms with van der Waals surface area (Å²) in [5.41, 5.74) is 5.54. The summed E-state index contributed by atoms with van der Waals surface area (Å²) in [6, 6.07) is 24.1. The van der Waals surface area contributed by atoms with E-state index in [1.807, 2.05) is 24.3 Å². The largest absolute Gasteiger partial charge is 0.497 e. The molecular formula is C26H28N2O2. The van der Waals surface area contributed by atoms with Crippen LogP contribution in [-0.4, -0.2) is 31.0 Å². The molecule has 0 saturated heterocycles. The van der Waals surface area contributed by atoms with E-state index < -0.39 is 0 Å². The number of ether oxygens (including phenoxy) is 1. The Labute approximate surface area is 178 Å².